The summed E-state index contributed by atoms with van der Waals surface area (Å²) in [6.07, 6.45) is 0. The van der Waals surface area contributed by atoms with Crippen molar-refractivity contribution in [2.45, 2.75) is 19.3 Å². The Hall–Kier alpha value is -6.64. The third-order valence-corrected chi connectivity index (χ3v) is 11.1. The van der Waals surface area contributed by atoms with E-state index in [1.54, 1.807) is 0 Å². The minimum atomic E-state index is -0.120. The molecule has 8 aromatic carbocycles. The summed E-state index contributed by atoms with van der Waals surface area (Å²) in [4.78, 5) is 2.44. The molecule has 2 nitrogen and oxygen atoms in total. The van der Waals surface area contributed by atoms with E-state index in [1.807, 2.05) is 0 Å². The number of nitrogens with zero attached hydrogens (tertiary/aromatic N) is 1. The van der Waals surface area contributed by atoms with Crippen LogP contribution in [0.1, 0.15) is 25.0 Å². The van der Waals surface area contributed by atoms with Crippen LogP contribution in [-0.4, -0.2) is 0 Å². The lowest BCUT2D eigenvalue weighted by Crippen LogP contribution is -2.17. The molecule has 0 amide bonds. The maximum Gasteiger partial charge on any atom is 0.135 e. The Labute approximate surface area is 310 Å². The van der Waals surface area contributed by atoms with Crippen LogP contribution >= 0.6 is 0 Å². The van der Waals surface area contributed by atoms with E-state index in [1.165, 1.54) is 44.5 Å². The molecule has 0 aliphatic heterocycles. The van der Waals surface area contributed by atoms with Crippen LogP contribution in [0.25, 0.3) is 66.4 Å². The van der Waals surface area contributed by atoms with Gasteiger partial charge in [0.15, 0.2) is 0 Å². The molecule has 9 aromatic rings. The maximum absolute atomic E-state index is 6.38. The van der Waals surface area contributed by atoms with E-state index in [0.717, 1.165) is 50.1 Å². The van der Waals surface area contributed by atoms with Crippen molar-refractivity contribution in [2.75, 3.05) is 4.90 Å². The molecule has 1 aromatic heterocycles. The van der Waals surface area contributed by atoms with Gasteiger partial charge in [-0.3, -0.25) is 0 Å². The molecule has 0 N–H and O–H groups in total. The summed E-state index contributed by atoms with van der Waals surface area (Å²) in [5.74, 6) is 0. The predicted molar refractivity (Wildman–Crippen MR) is 222 cm³/mol. The van der Waals surface area contributed by atoms with Gasteiger partial charge in [-0.1, -0.05) is 147 Å². The van der Waals surface area contributed by atoms with Crippen LogP contribution in [0.15, 0.2) is 192 Å². The fraction of sp³-hybridized carbons (Fsp3) is 0.0588. The van der Waals surface area contributed by atoms with Gasteiger partial charge >= 0.3 is 0 Å². The molecule has 1 heterocycles. The summed E-state index contributed by atoms with van der Waals surface area (Å²) >= 11 is 0. The van der Waals surface area contributed by atoms with Gasteiger partial charge in [0.05, 0.1) is 5.69 Å². The minimum Gasteiger partial charge on any atom is -0.456 e. The van der Waals surface area contributed by atoms with Crippen LogP contribution < -0.4 is 4.90 Å². The lowest BCUT2D eigenvalue weighted by atomic mass is 9.82. The molecule has 1 aliphatic carbocycles. The summed E-state index contributed by atoms with van der Waals surface area (Å²) in [7, 11) is 0. The molecule has 10 rings (SSSR count). The van der Waals surface area contributed by atoms with Crippen molar-refractivity contribution in [3.63, 3.8) is 0 Å². The molecule has 0 bridgehead atoms. The lowest BCUT2D eigenvalue weighted by Gasteiger charge is -2.30. The number of rotatable bonds is 6. The average molecular weight is 680 g/mol. The van der Waals surface area contributed by atoms with Gasteiger partial charge in [0.1, 0.15) is 11.2 Å². The van der Waals surface area contributed by atoms with E-state index in [-0.39, 0.29) is 5.41 Å². The zero-order chi connectivity index (χ0) is 35.5. The number of furan rings is 1. The second-order valence-electron chi connectivity index (χ2n) is 14.6. The van der Waals surface area contributed by atoms with Crippen LogP contribution in [0, 0.1) is 0 Å². The topological polar surface area (TPSA) is 16.4 Å². The first-order valence-corrected chi connectivity index (χ1v) is 18.3. The normalized spacial score (nSPS) is 12.9. The SMILES string of the molecule is CC1(C)c2ccccc2-c2ccc(N(c3cccc(-c4ccccc4)c3)c3ccccc3-c3ccc4oc5ccc(-c6ccccc6)cc5c4c3)cc21. The third-order valence-electron chi connectivity index (χ3n) is 11.1. The van der Waals surface area contributed by atoms with Gasteiger partial charge < -0.3 is 9.32 Å². The molecule has 0 unspecified atom stereocenters. The smallest absolute Gasteiger partial charge is 0.135 e. The number of hydrogen-bond donors (Lipinski definition) is 0. The molecule has 252 valence electrons. The monoisotopic (exact) mass is 679 g/mol. The molecule has 0 saturated heterocycles. The van der Waals surface area contributed by atoms with Gasteiger partial charge in [-0.2, -0.15) is 0 Å². The van der Waals surface area contributed by atoms with Crippen LogP contribution in [0.2, 0.25) is 0 Å². The van der Waals surface area contributed by atoms with Crippen molar-refractivity contribution >= 4 is 39.0 Å². The second-order valence-corrected chi connectivity index (χ2v) is 14.6. The first-order valence-electron chi connectivity index (χ1n) is 18.3. The van der Waals surface area contributed by atoms with Crippen molar-refractivity contribution in [3.8, 4) is 44.5 Å². The number of anilines is 3. The van der Waals surface area contributed by atoms with Crippen molar-refractivity contribution in [1.82, 2.24) is 0 Å². The van der Waals surface area contributed by atoms with Crippen molar-refractivity contribution in [1.29, 1.82) is 0 Å². The van der Waals surface area contributed by atoms with Crippen molar-refractivity contribution in [3.05, 3.63) is 199 Å². The Morgan fingerprint density at radius 1 is 0.377 bits per heavy atom. The van der Waals surface area contributed by atoms with Crippen molar-refractivity contribution < 1.29 is 4.42 Å². The maximum atomic E-state index is 6.38. The van der Waals surface area contributed by atoms with Crippen LogP contribution in [0.5, 0.6) is 0 Å². The zero-order valence-electron chi connectivity index (χ0n) is 29.8. The second kappa shape index (κ2) is 12.3. The highest BCUT2D eigenvalue weighted by Gasteiger charge is 2.36. The Kier molecular flexibility index (Phi) is 7.19. The molecule has 0 radical (unpaired) electrons. The van der Waals surface area contributed by atoms with E-state index in [2.05, 4.69) is 207 Å². The summed E-state index contributed by atoms with van der Waals surface area (Å²) in [5.41, 5.74) is 17.4. The summed E-state index contributed by atoms with van der Waals surface area (Å²) in [5, 5.41) is 2.23. The van der Waals surface area contributed by atoms with E-state index in [4.69, 9.17) is 4.42 Å². The summed E-state index contributed by atoms with van der Waals surface area (Å²) in [6.45, 7) is 4.70. The van der Waals surface area contributed by atoms with E-state index >= 15 is 0 Å². The standard InChI is InChI=1S/C51H37NO/c1-51(2)46-22-11-9-21-42(46)43-27-26-40(33-47(43)51)52(39-19-13-18-36(30-39)34-14-5-3-6-15-34)48-23-12-10-20-41(48)38-25-29-50-45(32-38)44-31-37(24-28-49(44)53-50)35-16-7-4-8-17-35/h3-33H,1-2H3. The third kappa shape index (κ3) is 5.18. The predicted octanol–water partition coefficient (Wildman–Crippen LogP) is 14.4. The molecule has 1 aliphatic rings. The highest BCUT2D eigenvalue weighted by Crippen LogP contribution is 2.51. The molecular weight excluding hydrogens is 643 g/mol. The summed E-state index contributed by atoms with van der Waals surface area (Å²) in [6, 6.07) is 67.9. The quantitative estimate of drug-likeness (QED) is 0.174. The van der Waals surface area contributed by atoms with E-state index < -0.39 is 0 Å². The molecule has 0 atom stereocenters. The number of para-hydroxylation sites is 1. The van der Waals surface area contributed by atoms with Crippen molar-refractivity contribution in [2.24, 2.45) is 0 Å². The number of hydrogen-bond acceptors (Lipinski definition) is 2. The highest BCUT2D eigenvalue weighted by atomic mass is 16.3. The van der Waals surface area contributed by atoms with Crippen LogP contribution in [-0.2, 0) is 5.41 Å². The highest BCUT2D eigenvalue weighted by molar-refractivity contribution is 6.08. The van der Waals surface area contributed by atoms with Gasteiger partial charge in [0, 0.05) is 33.1 Å². The lowest BCUT2D eigenvalue weighted by molar-refractivity contribution is 0.660. The van der Waals surface area contributed by atoms with Gasteiger partial charge in [-0.15, -0.1) is 0 Å². The zero-order valence-corrected chi connectivity index (χ0v) is 29.8. The first kappa shape index (κ1) is 31.1. The van der Waals surface area contributed by atoms with Crippen LogP contribution in [0.4, 0.5) is 17.1 Å². The number of benzene rings is 8. The molecule has 0 saturated carbocycles. The van der Waals surface area contributed by atoms with Gasteiger partial charge in [-0.25, -0.2) is 0 Å². The van der Waals surface area contributed by atoms with Crippen LogP contribution in [0.3, 0.4) is 0 Å². The molecule has 53 heavy (non-hydrogen) atoms. The Balaban J connectivity index is 1.16. The summed E-state index contributed by atoms with van der Waals surface area (Å²) < 4.78 is 6.38. The fourth-order valence-corrected chi connectivity index (χ4v) is 8.38. The van der Waals surface area contributed by atoms with Gasteiger partial charge in [0.2, 0.25) is 0 Å². The van der Waals surface area contributed by atoms with Gasteiger partial charge in [-0.05, 0) is 105 Å². The number of fused-ring (bicyclic) bond motifs is 6. The molecular formula is C51H37NO. The molecule has 2 heteroatoms. The van der Waals surface area contributed by atoms with Gasteiger partial charge in [0.25, 0.3) is 0 Å². The molecule has 0 fully saturated rings. The first-order chi connectivity index (χ1) is 26.0. The molecule has 0 spiro atoms. The van der Waals surface area contributed by atoms with E-state index in [9.17, 15) is 0 Å². The Bertz CT molecular complexity index is 2810. The largest absolute Gasteiger partial charge is 0.456 e. The Morgan fingerprint density at radius 3 is 1.66 bits per heavy atom. The Morgan fingerprint density at radius 2 is 0.925 bits per heavy atom. The minimum absolute atomic E-state index is 0.120. The fourth-order valence-electron chi connectivity index (χ4n) is 8.38. The van der Waals surface area contributed by atoms with E-state index in [0.29, 0.717) is 0 Å². The average Bonchev–Trinajstić information content (AvgIpc) is 3.69.